The van der Waals surface area contributed by atoms with E-state index in [2.05, 4.69) is 0 Å². The molecule has 0 unspecified atom stereocenters. The Morgan fingerprint density at radius 1 is 1.17 bits per heavy atom. The van der Waals surface area contributed by atoms with Crippen LogP contribution in [0.2, 0.25) is 0 Å². The molecule has 0 N–H and O–H groups in total. The second-order valence-corrected chi connectivity index (χ2v) is 2.51. The van der Waals surface area contributed by atoms with E-state index in [9.17, 15) is 26.3 Å². The molecular weight excluding hydrogens is 186 g/mol. The monoisotopic (exact) mass is 190 g/mol. The molecule has 0 aromatic carbocycles. The van der Waals surface area contributed by atoms with Crippen LogP contribution in [0.5, 0.6) is 0 Å². The molecule has 0 saturated carbocycles. The quantitative estimate of drug-likeness (QED) is 0.557. The molecule has 0 radical (unpaired) electrons. The van der Waals surface area contributed by atoms with E-state index in [0.29, 0.717) is 0 Å². The van der Waals surface area contributed by atoms with Crippen molar-refractivity contribution in [3.8, 4) is 0 Å². The van der Waals surface area contributed by atoms with Crippen molar-refractivity contribution in [3.05, 3.63) is 11.4 Å². The number of halogens is 6. The molecule has 1 aliphatic rings. The summed E-state index contributed by atoms with van der Waals surface area (Å²) in [4.78, 5) is 0. The molecule has 0 bridgehead atoms. The summed E-state index contributed by atoms with van der Waals surface area (Å²) in [5.41, 5.74) is -1.15. The number of hydrogen-bond acceptors (Lipinski definition) is 0. The zero-order valence-corrected chi connectivity index (χ0v) is 5.68. The van der Waals surface area contributed by atoms with Crippen LogP contribution in [0.1, 0.15) is 6.42 Å². The van der Waals surface area contributed by atoms with Crippen molar-refractivity contribution < 1.29 is 26.3 Å². The summed E-state index contributed by atoms with van der Waals surface area (Å²) in [6.07, 6.45) is -1.54. The maximum absolute atomic E-state index is 12.3. The number of rotatable bonds is 1. The molecule has 0 nitrogen and oxygen atoms in total. The second kappa shape index (κ2) is 2.40. The molecule has 0 aromatic rings. The van der Waals surface area contributed by atoms with Crippen LogP contribution >= 0.6 is 0 Å². The average molecular weight is 190 g/mol. The minimum atomic E-state index is -4.84. The van der Waals surface area contributed by atoms with Crippen LogP contribution in [0.4, 0.5) is 26.3 Å². The normalized spacial score (nSPS) is 26.5. The van der Waals surface area contributed by atoms with Crippen LogP contribution < -0.4 is 0 Å². The fourth-order valence-electron chi connectivity index (χ4n) is 0.945. The first-order valence-electron chi connectivity index (χ1n) is 3.02. The van der Waals surface area contributed by atoms with Gasteiger partial charge in [-0.15, -0.1) is 0 Å². The molecule has 0 heterocycles. The lowest BCUT2D eigenvalue weighted by Crippen LogP contribution is -2.36. The zero-order chi connectivity index (χ0) is 9.57. The maximum Gasteiger partial charge on any atom is 0.361 e. The molecule has 0 fully saturated rings. The molecule has 0 atom stereocenters. The maximum atomic E-state index is 12.3. The minimum Gasteiger partial charge on any atom is -0.246 e. The average Bonchev–Trinajstić information content (AvgIpc) is 2.11. The molecular formula is C6H4F6. The summed E-state index contributed by atoms with van der Waals surface area (Å²) < 4.78 is 72.8. The van der Waals surface area contributed by atoms with E-state index in [4.69, 9.17) is 0 Å². The Labute approximate surface area is 63.9 Å². The third-order valence-corrected chi connectivity index (χ3v) is 1.64. The van der Waals surface area contributed by atoms with Crippen molar-refractivity contribution in [1.82, 2.24) is 0 Å². The van der Waals surface area contributed by atoms with Crippen molar-refractivity contribution in [2.75, 3.05) is 6.67 Å². The van der Waals surface area contributed by atoms with Crippen molar-refractivity contribution >= 4 is 0 Å². The van der Waals surface area contributed by atoms with Gasteiger partial charge in [-0.3, -0.25) is 0 Å². The second-order valence-electron chi connectivity index (χ2n) is 2.51. The molecule has 12 heavy (non-hydrogen) atoms. The van der Waals surface area contributed by atoms with Gasteiger partial charge in [-0.1, -0.05) is 0 Å². The van der Waals surface area contributed by atoms with Gasteiger partial charge < -0.3 is 0 Å². The summed E-state index contributed by atoms with van der Waals surface area (Å²) in [7, 11) is 0. The Hall–Kier alpha value is -0.680. The number of allylic oxidation sites excluding steroid dienone is 2. The van der Waals surface area contributed by atoms with Crippen LogP contribution in [0.25, 0.3) is 0 Å². The standard InChI is InChI=1S/C6H4F6/c7-2-3-1-5(9,10)6(11,12)4(3)8/h1-2H2. The van der Waals surface area contributed by atoms with Gasteiger partial charge in [0.2, 0.25) is 0 Å². The first kappa shape index (κ1) is 9.41. The largest absolute Gasteiger partial charge is 0.361 e. The first-order chi connectivity index (χ1) is 5.33. The molecule has 0 amide bonds. The van der Waals surface area contributed by atoms with E-state index in [0.717, 1.165) is 0 Å². The molecule has 0 spiro atoms. The van der Waals surface area contributed by atoms with Crippen molar-refractivity contribution in [2.24, 2.45) is 0 Å². The van der Waals surface area contributed by atoms with Crippen molar-refractivity contribution in [3.63, 3.8) is 0 Å². The summed E-state index contributed by atoms with van der Waals surface area (Å²) in [5.74, 6) is -11.7. The van der Waals surface area contributed by atoms with E-state index in [1.165, 1.54) is 0 Å². The summed E-state index contributed by atoms with van der Waals surface area (Å²) >= 11 is 0. The molecule has 0 aliphatic heterocycles. The van der Waals surface area contributed by atoms with Crippen LogP contribution in [-0.4, -0.2) is 18.5 Å². The van der Waals surface area contributed by atoms with Crippen molar-refractivity contribution in [1.29, 1.82) is 0 Å². The molecule has 0 aromatic heterocycles. The SMILES string of the molecule is FCC1=C(F)C(F)(F)C(F)(F)C1. The van der Waals surface area contributed by atoms with Gasteiger partial charge in [-0.2, -0.15) is 17.6 Å². The minimum absolute atomic E-state index is 1.15. The lowest BCUT2D eigenvalue weighted by Gasteiger charge is -2.17. The smallest absolute Gasteiger partial charge is 0.246 e. The molecule has 1 aliphatic carbocycles. The Morgan fingerprint density at radius 2 is 1.67 bits per heavy atom. The zero-order valence-electron chi connectivity index (χ0n) is 5.68. The Balaban J connectivity index is 3.06. The van der Waals surface area contributed by atoms with E-state index >= 15 is 0 Å². The van der Waals surface area contributed by atoms with Crippen LogP contribution in [0, 0.1) is 0 Å². The van der Waals surface area contributed by atoms with Gasteiger partial charge in [0.25, 0.3) is 0 Å². The Morgan fingerprint density at radius 3 is 1.83 bits per heavy atom. The van der Waals surface area contributed by atoms with Gasteiger partial charge in [0, 0.05) is 12.0 Å². The molecule has 0 saturated heterocycles. The van der Waals surface area contributed by atoms with Crippen LogP contribution in [-0.2, 0) is 0 Å². The van der Waals surface area contributed by atoms with E-state index < -0.39 is 36.3 Å². The fraction of sp³-hybridized carbons (Fsp3) is 0.667. The predicted molar refractivity (Wildman–Crippen MR) is 28.6 cm³/mol. The topological polar surface area (TPSA) is 0 Å². The van der Waals surface area contributed by atoms with Crippen molar-refractivity contribution in [2.45, 2.75) is 18.3 Å². The van der Waals surface area contributed by atoms with Crippen LogP contribution in [0.15, 0.2) is 11.4 Å². The summed E-state index contributed by atoms with van der Waals surface area (Å²) in [6, 6.07) is 0. The lowest BCUT2D eigenvalue weighted by molar-refractivity contribution is -0.180. The van der Waals surface area contributed by atoms with E-state index in [1.54, 1.807) is 0 Å². The molecule has 70 valence electrons. The third-order valence-electron chi connectivity index (χ3n) is 1.64. The highest BCUT2D eigenvalue weighted by Gasteiger charge is 2.65. The number of alkyl halides is 5. The van der Waals surface area contributed by atoms with Gasteiger partial charge in [0.05, 0.1) is 0 Å². The van der Waals surface area contributed by atoms with Gasteiger partial charge in [0.15, 0.2) is 5.83 Å². The van der Waals surface area contributed by atoms with E-state index in [-0.39, 0.29) is 0 Å². The van der Waals surface area contributed by atoms with Gasteiger partial charge in [-0.25, -0.2) is 8.78 Å². The highest BCUT2D eigenvalue weighted by Crippen LogP contribution is 2.51. The third kappa shape index (κ3) is 1.01. The lowest BCUT2D eigenvalue weighted by atomic mass is 10.2. The fourth-order valence-corrected chi connectivity index (χ4v) is 0.945. The summed E-state index contributed by atoms with van der Waals surface area (Å²) in [5, 5.41) is 0. The van der Waals surface area contributed by atoms with Gasteiger partial charge in [0.1, 0.15) is 6.67 Å². The van der Waals surface area contributed by atoms with Crippen LogP contribution in [0.3, 0.4) is 0 Å². The van der Waals surface area contributed by atoms with Gasteiger partial charge >= 0.3 is 11.8 Å². The molecule has 6 heteroatoms. The Kier molecular flexibility index (Phi) is 1.88. The highest BCUT2D eigenvalue weighted by atomic mass is 19.3. The number of hydrogen-bond donors (Lipinski definition) is 0. The highest BCUT2D eigenvalue weighted by molar-refractivity contribution is 5.28. The molecule has 1 rings (SSSR count). The summed E-state index contributed by atoms with van der Waals surface area (Å²) in [6.45, 7) is -1.60. The predicted octanol–water partition coefficient (Wildman–Crippen LogP) is 2.85. The Bertz CT molecular complexity index is 228. The first-order valence-corrected chi connectivity index (χ1v) is 3.02. The van der Waals surface area contributed by atoms with E-state index in [1.807, 2.05) is 0 Å². The van der Waals surface area contributed by atoms with Gasteiger partial charge in [-0.05, 0) is 0 Å².